The van der Waals surface area contributed by atoms with E-state index in [0.717, 1.165) is 54.6 Å². The Bertz CT molecular complexity index is 1330. The molecule has 5 rings (SSSR count). The summed E-state index contributed by atoms with van der Waals surface area (Å²) in [5.74, 6) is -0.306. The summed E-state index contributed by atoms with van der Waals surface area (Å²) in [5.41, 5.74) is 4.45. The molecule has 8 nitrogen and oxygen atoms in total. The van der Waals surface area contributed by atoms with E-state index in [-0.39, 0.29) is 11.6 Å². The largest absolute Gasteiger partial charge is 0.325 e. The predicted octanol–water partition coefficient (Wildman–Crippen LogP) is 3.81. The summed E-state index contributed by atoms with van der Waals surface area (Å²) in [4.78, 5) is 29.4. The van der Waals surface area contributed by atoms with Crippen molar-refractivity contribution < 1.29 is 4.79 Å². The standard InChI is InChI=1S/C22H23N7OS.C4H8/c1-15(25-21(30)20-11-24-18-4-2-3-5-19(18)27-20)10-17-14-31-22-26-16(13-29(17)22)12-28-8-6-23-7-9-28;1-3-4-2/h2-5,11,13-14,23H,1,6-10,12H2,(H,25,30);3-4H,1-2H3/b;4-3-. The fourth-order valence-electron chi connectivity index (χ4n) is 3.73. The summed E-state index contributed by atoms with van der Waals surface area (Å²) in [5, 5.41) is 8.29. The zero-order chi connectivity index (χ0) is 24.6. The number of hydrogen-bond donors (Lipinski definition) is 2. The van der Waals surface area contributed by atoms with Gasteiger partial charge in [-0.2, -0.15) is 0 Å². The summed E-state index contributed by atoms with van der Waals surface area (Å²) in [6, 6.07) is 7.48. The lowest BCUT2D eigenvalue weighted by molar-refractivity contribution is 0.0960. The van der Waals surface area contributed by atoms with Crippen LogP contribution in [0.15, 0.2) is 66.5 Å². The Morgan fingerprint density at radius 2 is 1.91 bits per heavy atom. The van der Waals surface area contributed by atoms with Crippen molar-refractivity contribution in [2.75, 3.05) is 26.2 Å². The van der Waals surface area contributed by atoms with Crippen LogP contribution in [0.5, 0.6) is 0 Å². The van der Waals surface area contributed by atoms with E-state index in [0.29, 0.717) is 17.6 Å². The van der Waals surface area contributed by atoms with Crippen molar-refractivity contribution >= 4 is 33.2 Å². The first kappa shape index (κ1) is 24.7. The van der Waals surface area contributed by atoms with Gasteiger partial charge in [0, 0.05) is 62.1 Å². The van der Waals surface area contributed by atoms with E-state index in [9.17, 15) is 4.79 Å². The number of carbonyl (C=O) groups excluding carboxylic acids is 1. The van der Waals surface area contributed by atoms with Crippen LogP contribution in [-0.2, 0) is 13.0 Å². The lowest BCUT2D eigenvalue weighted by Crippen LogP contribution is -2.42. The number of hydrogen-bond acceptors (Lipinski definition) is 7. The molecule has 0 saturated carbocycles. The summed E-state index contributed by atoms with van der Waals surface area (Å²) >= 11 is 1.60. The van der Waals surface area contributed by atoms with Gasteiger partial charge in [-0.25, -0.2) is 9.97 Å². The van der Waals surface area contributed by atoms with Gasteiger partial charge < -0.3 is 10.6 Å². The maximum Gasteiger partial charge on any atom is 0.275 e. The Morgan fingerprint density at radius 3 is 2.66 bits per heavy atom. The fourth-order valence-corrected chi connectivity index (χ4v) is 4.62. The number of nitrogens with one attached hydrogen (secondary N) is 2. The Labute approximate surface area is 209 Å². The molecule has 1 aromatic carbocycles. The molecular formula is C26H31N7OS. The van der Waals surface area contributed by atoms with Crippen LogP contribution < -0.4 is 10.6 Å². The Hall–Kier alpha value is -3.40. The van der Waals surface area contributed by atoms with E-state index < -0.39 is 0 Å². The summed E-state index contributed by atoms with van der Waals surface area (Å²) < 4.78 is 2.09. The highest BCUT2D eigenvalue weighted by atomic mass is 32.1. The number of rotatable bonds is 6. The van der Waals surface area contributed by atoms with Crippen LogP contribution in [0.3, 0.4) is 0 Å². The SMILES string of the molecule is C/C=C\C.C=C(Cc1csc2nc(CN3CCNCC3)cn12)NC(=O)c1cnc2ccccc2n1. The van der Waals surface area contributed by atoms with Gasteiger partial charge in [-0.05, 0) is 26.0 Å². The molecule has 35 heavy (non-hydrogen) atoms. The van der Waals surface area contributed by atoms with Gasteiger partial charge in [0.15, 0.2) is 4.96 Å². The van der Waals surface area contributed by atoms with Gasteiger partial charge in [0.2, 0.25) is 0 Å². The molecule has 1 saturated heterocycles. The van der Waals surface area contributed by atoms with Crippen molar-refractivity contribution in [2.24, 2.45) is 0 Å². The van der Waals surface area contributed by atoms with Crippen LogP contribution in [0, 0.1) is 0 Å². The molecule has 0 radical (unpaired) electrons. The Balaban J connectivity index is 0.000000672. The third-order valence-electron chi connectivity index (χ3n) is 5.63. The molecular weight excluding hydrogens is 458 g/mol. The van der Waals surface area contributed by atoms with Gasteiger partial charge >= 0.3 is 0 Å². The van der Waals surface area contributed by atoms with Gasteiger partial charge in [0.05, 0.1) is 22.9 Å². The number of benzene rings is 1. The van der Waals surface area contributed by atoms with Gasteiger partial charge in [0.1, 0.15) is 5.69 Å². The van der Waals surface area contributed by atoms with Crippen LogP contribution in [0.4, 0.5) is 0 Å². The maximum atomic E-state index is 12.6. The fraction of sp³-hybridized carbons (Fsp3) is 0.308. The van der Waals surface area contributed by atoms with E-state index in [4.69, 9.17) is 4.98 Å². The normalized spacial score (nSPS) is 14.2. The summed E-state index contributed by atoms with van der Waals surface area (Å²) in [7, 11) is 0. The van der Waals surface area contributed by atoms with Gasteiger partial charge in [0.25, 0.3) is 5.91 Å². The van der Waals surface area contributed by atoms with Crippen molar-refractivity contribution in [1.29, 1.82) is 0 Å². The molecule has 0 aliphatic carbocycles. The number of allylic oxidation sites excluding steroid dienone is 3. The van der Waals surface area contributed by atoms with Crippen molar-refractivity contribution in [1.82, 2.24) is 34.9 Å². The second-order valence-corrected chi connectivity index (χ2v) is 9.12. The lowest BCUT2D eigenvalue weighted by atomic mass is 10.2. The highest BCUT2D eigenvalue weighted by Gasteiger charge is 2.15. The third kappa shape index (κ3) is 6.39. The van der Waals surface area contributed by atoms with E-state index in [1.165, 1.54) is 6.20 Å². The van der Waals surface area contributed by atoms with Gasteiger partial charge in [-0.3, -0.25) is 19.1 Å². The molecule has 0 spiro atoms. The molecule has 0 unspecified atom stereocenters. The van der Waals surface area contributed by atoms with Gasteiger partial charge in [-0.15, -0.1) is 11.3 Å². The number of imidazole rings is 1. The third-order valence-corrected chi connectivity index (χ3v) is 6.52. The zero-order valence-electron chi connectivity index (χ0n) is 20.2. The topological polar surface area (TPSA) is 87.5 Å². The number of thiazole rings is 1. The molecule has 1 fully saturated rings. The van der Waals surface area contributed by atoms with Crippen LogP contribution in [-0.4, -0.2) is 56.3 Å². The molecule has 2 N–H and O–H groups in total. The number of carbonyl (C=O) groups is 1. The minimum atomic E-state index is -0.306. The molecule has 9 heteroatoms. The smallest absolute Gasteiger partial charge is 0.275 e. The van der Waals surface area contributed by atoms with Crippen molar-refractivity contribution in [3.63, 3.8) is 0 Å². The van der Waals surface area contributed by atoms with Crippen LogP contribution in [0.25, 0.3) is 16.0 Å². The van der Waals surface area contributed by atoms with Crippen LogP contribution >= 0.6 is 11.3 Å². The average molecular weight is 490 g/mol. The lowest BCUT2D eigenvalue weighted by Gasteiger charge is -2.26. The van der Waals surface area contributed by atoms with E-state index in [1.54, 1.807) is 11.3 Å². The number of amides is 1. The van der Waals surface area contributed by atoms with E-state index >= 15 is 0 Å². The van der Waals surface area contributed by atoms with E-state index in [1.807, 2.05) is 50.3 Å². The number of nitrogens with zero attached hydrogens (tertiary/aromatic N) is 5. The van der Waals surface area contributed by atoms with Crippen LogP contribution in [0.2, 0.25) is 0 Å². The Morgan fingerprint density at radius 1 is 1.17 bits per heavy atom. The van der Waals surface area contributed by atoms with Crippen molar-refractivity contribution in [3.8, 4) is 0 Å². The molecule has 1 amide bonds. The van der Waals surface area contributed by atoms with Crippen molar-refractivity contribution in [2.45, 2.75) is 26.8 Å². The van der Waals surface area contributed by atoms with Gasteiger partial charge in [-0.1, -0.05) is 30.9 Å². The minimum absolute atomic E-state index is 0.274. The first-order chi connectivity index (χ1) is 17.1. The first-order valence-electron chi connectivity index (χ1n) is 11.7. The Kier molecular flexibility index (Phi) is 8.36. The number of fused-ring (bicyclic) bond motifs is 2. The minimum Gasteiger partial charge on any atom is -0.325 e. The maximum absolute atomic E-state index is 12.6. The molecule has 4 aromatic rings. The number of piperazine rings is 1. The highest BCUT2D eigenvalue weighted by molar-refractivity contribution is 7.15. The molecule has 3 aromatic heterocycles. The second kappa shape index (κ2) is 11.8. The number of para-hydroxylation sites is 2. The van der Waals surface area contributed by atoms with Crippen LogP contribution in [0.1, 0.15) is 35.7 Å². The molecule has 4 heterocycles. The monoisotopic (exact) mass is 489 g/mol. The predicted molar refractivity (Wildman–Crippen MR) is 142 cm³/mol. The number of aromatic nitrogens is 4. The molecule has 1 aliphatic rings. The highest BCUT2D eigenvalue weighted by Crippen LogP contribution is 2.20. The average Bonchev–Trinajstić information content (AvgIpc) is 3.45. The molecule has 182 valence electrons. The van der Waals surface area contributed by atoms with Crippen molar-refractivity contribution in [3.05, 3.63) is 83.5 Å². The molecule has 0 bridgehead atoms. The zero-order valence-corrected chi connectivity index (χ0v) is 21.0. The van der Waals surface area contributed by atoms with E-state index in [2.05, 4.69) is 48.1 Å². The summed E-state index contributed by atoms with van der Waals surface area (Å²) in [6.07, 6.45) is 8.11. The molecule has 0 atom stereocenters. The second-order valence-electron chi connectivity index (χ2n) is 8.28. The summed E-state index contributed by atoms with van der Waals surface area (Å²) in [6.45, 7) is 13.0. The molecule has 1 aliphatic heterocycles. The first-order valence-corrected chi connectivity index (χ1v) is 12.6. The quantitative estimate of drug-likeness (QED) is 0.401.